The van der Waals surface area contributed by atoms with Crippen molar-refractivity contribution in [3.8, 4) is 6.07 Å². The zero-order chi connectivity index (χ0) is 8.48. The van der Waals surface area contributed by atoms with Crippen LogP contribution in [0, 0.1) is 11.3 Å². The summed E-state index contributed by atoms with van der Waals surface area (Å²) in [6, 6.07) is 1.71. The van der Waals surface area contributed by atoms with Gasteiger partial charge in [-0.05, 0) is 0 Å². The van der Waals surface area contributed by atoms with Crippen molar-refractivity contribution in [2.24, 2.45) is 0 Å². The van der Waals surface area contributed by atoms with Gasteiger partial charge in [0.25, 0.3) is 0 Å². The van der Waals surface area contributed by atoms with Crippen molar-refractivity contribution in [2.75, 3.05) is 6.26 Å². The van der Waals surface area contributed by atoms with E-state index in [-0.39, 0.29) is 10.6 Å². The van der Waals surface area contributed by atoms with Gasteiger partial charge in [-0.1, -0.05) is 0 Å². The molecular weight excluding hydrogens is 166 g/mol. The Morgan fingerprint density at radius 3 is 2.73 bits per heavy atom. The molecule has 0 unspecified atom stereocenters. The van der Waals surface area contributed by atoms with Crippen LogP contribution < -0.4 is 0 Å². The summed E-state index contributed by atoms with van der Waals surface area (Å²) in [5.41, 5.74) is 0.0486. The van der Waals surface area contributed by atoms with Gasteiger partial charge in [-0.15, -0.1) is 0 Å². The Balaban J connectivity index is 3.39. The number of nitrogens with one attached hydrogen (secondary N) is 1. The number of hydrogen-bond donors (Lipinski definition) is 1. The first kappa shape index (κ1) is 7.75. The third-order valence-electron chi connectivity index (χ3n) is 1.10. The second-order valence-electron chi connectivity index (χ2n) is 2.00. The Morgan fingerprint density at radius 1 is 1.73 bits per heavy atom. The van der Waals surface area contributed by atoms with Gasteiger partial charge in [0.1, 0.15) is 11.6 Å². The number of rotatable bonds is 1. The molecule has 0 radical (unpaired) electrons. The minimum absolute atomic E-state index is 0.0486. The monoisotopic (exact) mass is 171 g/mol. The van der Waals surface area contributed by atoms with Gasteiger partial charge in [-0.2, -0.15) is 10.4 Å². The summed E-state index contributed by atoms with van der Waals surface area (Å²) in [5.74, 6) is 0. The third-order valence-corrected chi connectivity index (χ3v) is 2.15. The maximum Gasteiger partial charge on any atom is 0.193 e. The molecule has 0 saturated heterocycles. The first-order valence-corrected chi connectivity index (χ1v) is 4.58. The smallest absolute Gasteiger partial charge is 0.193 e. The molecule has 0 atom stereocenters. The highest BCUT2D eigenvalue weighted by atomic mass is 32.2. The highest BCUT2D eigenvalue weighted by Crippen LogP contribution is 2.08. The molecule has 0 aliphatic heterocycles. The highest BCUT2D eigenvalue weighted by molar-refractivity contribution is 7.90. The van der Waals surface area contributed by atoms with Gasteiger partial charge in [0.05, 0.1) is 6.20 Å². The molecule has 1 heterocycles. The van der Waals surface area contributed by atoms with Gasteiger partial charge < -0.3 is 0 Å². The van der Waals surface area contributed by atoms with E-state index in [1.54, 1.807) is 6.07 Å². The molecule has 0 amide bonds. The lowest BCUT2D eigenvalue weighted by Gasteiger charge is -1.89. The Labute approximate surface area is 63.6 Å². The molecule has 5 nitrogen and oxygen atoms in total. The van der Waals surface area contributed by atoms with Gasteiger partial charge in [0.2, 0.25) is 0 Å². The van der Waals surface area contributed by atoms with Crippen LogP contribution in [0.25, 0.3) is 0 Å². The molecule has 1 N–H and O–H groups in total. The van der Waals surface area contributed by atoms with Crippen molar-refractivity contribution >= 4 is 9.84 Å². The summed E-state index contributed by atoms with van der Waals surface area (Å²) in [5, 5.41) is 13.9. The van der Waals surface area contributed by atoms with Crippen LogP contribution in [-0.4, -0.2) is 24.9 Å². The summed E-state index contributed by atoms with van der Waals surface area (Å²) in [6.45, 7) is 0. The first-order valence-electron chi connectivity index (χ1n) is 2.69. The van der Waals surface area contributed by atoms with Crippen LogP contribution in [0.15, 0.2) is 11.2 Å². The van der Waals surface area contributed by atoms with Crippen molar-refractivity contribution in [1.29, 1.82) is 5.26 Å². The summed E-state index contributed by atoms with van der Waals surface area (Å²) < 4.78 is 21.7. The summed E-state index contributed by atoms with van der Waals surface area (Å²) in [7, 11) is -3.34. The quantitative estimate of drug-likeness (QED) is 0.627. The fourth-order valence-corrected chi connectivity index (χ4v) is 1.35. The summed E-state index contributed by atoms with van der Waals surface area (Å²) in [4.78, 5) is 0. The number of nitriles is 1. The van der Waals surface area contributed by atoms with Crippen LogP contribution in [-0.2, 0) is 9.84 Å². The standard InChI is InChI=1S/C5H5N3O2S/c1-11(9,10)5-4(2-6)3-7-8-5/h3H,1H3,(H,7,8). The van der Waals surface area contributed by atoms with E-state index in [4.69, 9.17) is 5.26 Å². The fourth-order valence-electron chi connectivity index (χ4n) is 0.637. The minimum Gasteiger partial charge on any atom is -0.266 e. The Kier molecular flexibility index (Phi) is 1.66. The molecule has 0 fully saturated rings. The SMILES string of the molecule is CS(=O)(=O)c1[nH]ncc1C#N. The van der Waals surface area contributed by atoms with Gasteiger partial charge in [0.15, 0.2) is 14.9 Å². The van der Waals surface area contributed by atoms with Gasteiger partial charge >= 0.3 is 0 Å². The van der Waals surface area contributed by atoms with Crippen LogP contribution in [0.5, 0.6) is 0 Å². The van der Waals surface area contributed by atoms with Crippen molar-refractivity contribution in [1.82, 2.24) is 10.2 Å². The maximum absolute atomic E-state index is 10.9. The second-order valence-corrected chi connectivity index (χ2v) is 3.95. The molecular formula is C5H5N3O2S. The van der Waals surface area contributed by atoms with Gasteiger partial charge in [0, 0.05) is 6.26 Å². The molecule has 0 saturated carbocycles. The average Bonchev–Trinajstić information content (AvgIpc) is 2.31. The van der Waals surface area contributed by atoms with Crippen LogP contribution in [0.3, 0.4) is 0 Å². The van der Waals surface area contributed by atoms with E-state index in [9.17, 15) is 8.42 Å². The van der Waals surface area contributed by atoms with E-state index < -0.39 is 9.84 Å². The Bertz CT molecular complexity index is 398. The molecule has 1 aromatic heterocycles. The predicted octanol–water partition coefficient (Wildman–Crippen LogP) is -0.315. The van der Waals surface area contributed by atoms with E-state index in [2.05, 4.69) is 10.2 Å². The lowest BCUT2D eigenvalue weighted by Crippen LogP contribution is -1.99. The normalized spacial score (nSPS) is 10.9. The molecule has 6 heteroatoms. The number of hydrogen-bond acceptors (Lipinski definition) is 4. The molecule has 0 aromatic carbocycles. The van der Waals surface area contributed by atoms with E-state index in [1.165, 1.54) is 6.20 Å². The second kappa shape index (κ2) is 2.36. The lowest BCUT2D eigenvalue weighted by molar-refractivity contribution is 0.597. The molecule has 58 valence electrons. The van der Waals surface area contributed by atoms with Crippen molar-refractivity contribution in [3.05, 3.63) is 11.8 Å². The van der Waals surface area contributed by atoms with Crippen LogP contribution in [0.1, 0.15) is 5.56 Å². The third kappa shape index (κ3) is 1.38. The van der Waals surface area contributed by atoms with Crippen LogP contribution in [0.4, 0.5) is 0 Å². The zero-order valence-electron chi connectivity index (χ0n) is 5.70. The van der Waals surface area contributed by atoms with E-state index in [0.717, 1.165) is 6.26 Å². The first-order chi connectivity index (χ1) is 5.05. The molecule has 1 aromatic rings. The minimum atomic E-state index is -3.34. The summed E-state index contributed by atoms with van der Waals surface area (Å²) in [6.07, 6.45) is 2.19. The van der Waals surface area contributed by atoms with Crippen molar-refractivity contribution < 1.29 is 8.42 Å². The highest BCUT2D eigenvalue weighted by Gasteiger charge is 2.14. The Morgan fingerprint density at radius 2 is 2.36 bits per heavy atom. The molecule has 0 aliphatic rings. The predicted molar refractivity (Wildman–Crippen MR) is 36.4 cm³/mol. The lowest BCUT2D eigenvalue weighted by atomic mass is 10.4. The number of nitrogens with zero attached hydrogens (tertiary/aromatic N) is 2. The number of H-pyrrole nitrogens is 1. The topological polar surface area (TPSA) is 86.6 Å². The molecule has 11 heavy (non-hydrogen) atoms. The van der Waals surface area contributed by atoms with E-state index >= 15 is 0 Å². The molecule has 1 rings (SSSR count). The van der Waals surface area contributed by atoms with Crippen molar-refractivity contribution in [3.63, 3.8) is 0 Å². The molecule has 0 bridgehead atoms. The van der Waals surface area contributed by atoms with Crippen LogP contribution >= 0.6 is 0 Å². The molecule has 0 aliphatic carbocycles. The average molecular weight is 171 g/mol. The fraction of sp³-hybridized carbons (Fsp3) is 0.200. The maximum atomic E-state index is 10.9. The van der Waals surface area contributed by atoms with E-state index in [1.807, 2.05) is 0 Å². The van der Waals surface area contributed by atoms with Gasteiger partial charge in [-0.3, -0.25) is 5.10 Å². The van der Waals surface area contributed by atoms with Crippen molar-refractivity contribution in [2.45, 2.75) is 5.03 Å². The number of aromatic nitrogens is 2. The van der Waals surface area contributed by atoms with Gasteiger partial charge in [-0.25, -0.2) is 8.42 Å². The number of sulfone groups is 1. The number of aromatic amines is 1. The largest absolute Gasteiger partial charge is 0.266 e. The summed E-state index contributed by atoms with van der Waals surface area (Å²) >= 11 is 0. The Hall–Kier alpha value is -1.35. The molecule has 0 spiro atoms. The van der Waals surface area contributed by atoms with Crippen LogP contribution in [0.2, 0.25) is 0 Å². The zero-order valence-corrected chi connectivity index (χ0v) is 6.51. The van der Waals surface area contributed by atoms with E-state index in [0.29, 0.717) is 0 Å².